The van der Waals surface area contributed by atoms with Crippen LogP contribution in [0.1, 0.15) is 46.0 Å². The minimum absolute atomic E-state index is 0.0144. The molecule has 6 rings (SSSR count). The normalized spacial score (nSPS) is 55.0. The van der Waals surface area contributed by atoms with Gasteiger partial charge >= 0.3 is 151 Å². The van der Waals surface area contributed by atoms with Gasteiger partial charge in [-0.1, -0.05) is 0 Å². The van der Waals surface area contributed by atoms with Crippen LogP contribution in [0.2, 0.25) is 0 Å². The van der Waals surface area contributed by atoms with Crippen LogP contribution < -0.4 is 7.06 Å². The molecule has 6 fully saturated rings. The first-order valence-electron chi connectivity index (χ1n) is 9.63. The number of aliphatic hydroxyl groups excluding tert-OH is 1. The van der Waals surface area contributed by atoms with Gasteiger partial charge in [0.2, 0.25) is 0 Å². The average molecular weight is 446 g/mol. The van der Waals surface area contributed by atoms with Crippen molar-refractivity contribution in [3.8, 4) is 0 Å². The Balaban J connectivity index is 1.20. The summed E-state index contributed by atoms with van der Waals surface area (Å²) >= 11 is -1.15. The molecule has 4 bridgehead atoms. The van der Waals surface area contributed by atoms with Gasteiger partial charge in [0.15, 0.2) is 0 Å². The molecule has 2 aliphatic heterocycles. The van der Waals surface area contributed by atoms with E-state index in [4.69, 9.17) is 4.74 Å². The molecule has 6 aliphatic rings. The quantitative estimate of drug-likeness (QED) is 0.117. The number of nitrogens with one attached hydrogen (secondary N) is 2. The van der Waals surface area contributed by atoms with E-state index in [9.17, 15) is 9.90 Å². The number of halogens is 1. The standard InChI is InChI=1S/C18H27IN2O3/c1-3-17(2,18-19(20-18)21-18)16(23)24-13-7-9-5-11(13)15-8-4-10(14(9)15)12(22)6-8/h8-15,20-22H,3-7H2,1-2H3. The summed E-state index contributed by atoms with van der Waals surface area (Å²) in [7, 11) is 0. The number of aliphatic hydroxyl groups is 1. The molecule has 2 heterocycles. The first-order chi connectivity index (χ1) is 11.5. The molecule has 2 saturated heterocycles. The SMILES string of the molecule is CCC(C)(C(=O)OC1CC2CC1C1C3CC(O)C(C3)C21)C12NI1N2. The fraction of sp³-hybridized carbons (Fsp3) is 0.944. The molecule has 134 valence electrons. The maximum atomic E-state index is 13.0. The number of hydrogen-bond donors (Lipinski definition) is 3. The van der Waals surface area contributed by atoms with Gasteiger partial charge < -0.3 is 0 Å². The van der Waals surface area contributed by atoms with Crippen molar-refractivity contribution >= 4 is 26.3 Å². The number of hydrogen-bond acceptors (Lipinski definition) is 5. The molecule has 24 heavy (non-hydrogen) atoms. The molecule has 0 aromatic carbocycles. The molecule has 5 nitrogen and oxygen atoms in total. The van der Waals surface area contributed by atoms with Crippen molar-refractivity contribution in [1.82, 2.24) is 7.06 Å². The molecule has 0 aromatic heterocycles. The zero-order valence-electron chi connectivity index (χ0n) is 14.3. The van der Waals surface area contributed by atoms with Gasteiger partial charge in [-0.3, -0.25) is 0 Å². The van der Waals surface area contributed by atoms with Crippen LogP contribution in [0.3, 0.4) is 0 Å². The summed E-state index contributed by atoms with van der Waals surface area (Å²) in [6.45, 7) is 4.20. The number of carbonyl (C=O) groups is 1. The summed E-state index contributed by atoms with van der Waals surface area (Å²) < 4.78 is 13.2. The van der Waals surface area contributed by atoms with Crippen LogP contribution in [0.4, 0.5) is 0 Å². The third-order valence-corrected chi connectivity index (χ3v) is 13.5. The Hall–Kier alpha value is 0.0800. The topological polar surface area (TPSA) is 90.4 Å². The number of ether oxygens (including phenoxy) is 1. The number of carbonyl (C=O) groups excluding carboxylic acids is 1. The first kappa shape index (κ1) is 15.2. The van der Waals surface area contributed by atoms with Gasteiger partial charge in [0.25, 0.3) is 0 Å². The Kier molecular flexibility index (Phi) is 2.84. The van der Waals surface area contributed by atoms with E-state index in [1.165, 1.54) is 12.8 Å². The van der Waals surface area contributed by atoms with Crippen LogP contribution in [0.5, 0.6) is 0 Å². The Morgan fingerprint density at radius 1 is 1.21 bits per heavy atom. The molecule has 0 amide bonds. The summed E-state index contributed by atoms with van der Waals surface area (Å²) in [5.74, 6) is 3.97. The maximum absolute atomic E-state index is 13.0. The molecule has 4 saturated carbocycles. The summed E-state index contributed by atoms with van der Waals surface area (Å²) in [6.07, 6.45) is 5.42. The van der Waals surface area contributed by atoms with Gasteiger partial charge in [-0.05, 0) is 0 Å². The van der Waals surface area contributed by atoms with Gasteiger partial charge in [-0.2, -0.15) is 0 Å². The molecule has 3 N–H and O–H groups in total. The van der Waals surface area contributed by atoms with Crippen molar-refractivity contribution in [2.75, 3.05) is 0 Å². The molecule has 0 spiro atoms. The van der Waals surface area contributed by atoms with Crippen molar-refractivity contribution in [1.29, 1.82) is 0 Å². The van der Waals surface area contributed by atoms with Gasteiger partial charge in [0.05, 0.1) is 0 Å². The van der Waals surface area contributed by atoms with Crippen molar-refractivity contribution in [3.63, 3.8) is 0 Å². The van der Waals surface area contributed by atoms with Crippen molar-refractivity contribution in [2.45, 2.75) is 61.8 Å². The van der Waals surface area contributed by atoms with E-state index in [1.807, 2.05) is 0 Å². The van der Waals surface area contributed by atoms with Crippen molar-refractivity contribution < 1.29 is 14.6 Å². The number of rotatable bonds is 4. The molecular formula is C18H27IN2O3. The molecule has 9 atom stereocenters. The minimum atomic E-state index is -1.15. The van der Waals surface area contributed by atoms with E-state index in [1.54, 1.807) is 0 Å². The summed E-state index contributed by atoms with van der Waals surface area (Å²) in [5.41, 5.74) is -0.385. The van der Waals surface area contributed by atoms with E-state index in [2.05, 4.69) is 20.9 Å². The monoisotopic (exact) mass is 446 g/mol. The van der Waals surface area contributed by atoms with Crippen LogP contribution in [0.25, 0.3) is 0 Å². The van der Waals surface area contributed by atoms with E-state index in [0.29, 0.717) is 23.7 Å². The molecular weight excluding hydrogens is 419 g/mol. The predicted molar refractivity (Wildman–Crippen MR) is 96.7 cm³/mol. The third-order valence-electron chi connectivity index (χ3n) is 8.56. The fourth-order valence-electron chi connectivity index (χ4n) is 7.08. The van der Waals surface area contributed by atoms with E-state index in [-0.39, 0.29) is 27.3 Å². The van der Waals surface area contributed by atoms with Crippen LogP contribution in [0, 0.1) is 40.9 Å². The second-order valence-electron chi connectivity index (χ2n) is 9.27. The molecule has 0 radical (unpaired) electrons. The molecule has 4 aliphatic carbocycles. The second-order valence-corrected chi connectivity index (χ2v) is 13.6. The summed E-state index contributed by atoms with van der Waals surface area (Å²) in [5, 5.41) is 10.3. The van der Waals surface area contributed by atoms with E-state index in [0.717, 1.165) is 31.1 Å². The molecule has 6 heteroatoms. The van der Waals surface area contributed by atoms with Crippen LogP contribution >= 0.6 is 20.4 Å². The van der Waals surface area contributed by atoms with Crippen LogP contribution in [0.15, 0.2) is 0 Å². The van der Waals surface area contributed by atoms with E-state index >= 15 is 0 Å². The van der Waals surface area contributed by atoms with Crippen molar-refractivity contribution in [2.24, 2.45) is 40.9 Å². The van der Waals surface area contributed by atoms with Crippen molar-refractivity contribution in [3.05, 3.63) is 0 Å². The number of alkyl halides is 1. The van der Waals surface area contributed by atoms with Gasteiger partial charge in [-0.15, -0.1) is 0 Å². The third kappa shape index (κ3) is 1.61. The van der Waals surface area contributed by atoms with Crippen LogP contribution in [-0.4, -0.2) is 27.0 Å². The first-order valence-corrected chi connectivity index (χ1v) is 12.9. The zero-order chi connectivity index (χ0) is 16.4. The molecule has 9 unspecified atom stereocenters. The Morgan fingerprint density at radius 3 is 2.50 bits per heavy atom. The second kappa shape index (κ2) is 4.49. The number of esters is 1. The Bertz CT molecular complexity index is 623. The van der Waals surface area contributed by atoms with E-state index < -0.39 is 20.4 Å². The summed E-state index contributed by atoms with van der Waals surface area (Å²) in [6, 6.07) is 0. The Morgan fingerprint density at radius 2 is 1.83 bits per heavy atom. The van der Waals surface area contributed by atoms with Gasteiger partial charge in [0.1, 0.15) is 0 Å². The average Bonchev–Trinajstić information content (AvgIpc) is 3.12. The number of fused-ring (bicyclic) bond motifs is 10. The summed E-state index contributed by atoms with van der Waals surface area (Å²) in [4.78, 5) is 13.0. The zero-order valence-corrected chi connectivity index (χ0v) is 16.5. The molecule has 0 aromatic rings. The predicted octanol–water partition coefficient (Wildman–Crippen LogP) is 2.18. The fourth-order valence-corrected chi connectivity index (χ4v) is 12.7. The Labute approximate surface area is 150 Å². The van der Waals surface area contributed by atoms with Gasteiger partial charge in [-0.25, -0.2) is 0 Å². The van der Waals surface area contributed by atoms with Gasteiger partial charge in [0, 0.05) is 0 Å². The van der Waals surface area contributed by atoms with Crippen LogP contribution in [-0.2, 0) is 9.53 Å².